The van der Waals surface area contributed by atoms with Crippen molar-refractivity contribution < 1.29 is 9.18 Å². The van der Waals surface area contributed by atoms with Gasteiger partial charge in [-0.2, -0.15) is 0 Å². The number of hydrogen-bond donors (Lipinski definition) is 0. The van der Waals surface area contributed by atoms with Crippen LogP contribution in [0.25, 0.3) is 32.5 Å². The molecule has 5 heteroatoms. The van der Waals surface area contributed by atoms with Gasteiger partial charge in [0.15, 0.2) is 0 Å². The number of carbonyl (C=O) groups is 1. The monoisotopic (exact) mass is 390 g/mol. The number of ketones is 1. The van der Waals surface area contributed by atoms with Gasteiger partial charge >= 0.3 is 0 Å². The molecule has 0 saturated heterocycles. The second-order valence-corrected chi connectivity index (χ2v) is 7.75. The Bertz CT molecular complexity index is 1140. The van der Waals surface area contributed by atoms with Crippen LogP contribution in [0.1, 0.15) is 24.8 Å². The third kappa shape index (κ3) is 3.71. The zero-order valence-corrected chi connectivity index (χ0v) is 16.3. The lowest BCUT2D eigenvalue weighted by atomic mass is 9.99. The Morgan fingerprint density at radius 3 is 2.68 bits per heavy atom. The van der Waals surface area contributed by atoms with Crippen molar-refractivity contribution in [2.24, 2.45) is 0 Å². The first-order valence-corrected chi connectivity index (χ1v) is 10.1. The molecule has 0 unspecified atom stereocenters. The molecule has 0 aliphatic carbocycles. The van der Waals surface area contributed by atoms with E-state index in [2.05, 4.69) is 4.98 Å². The fourth-order valence-corrected chi connectivity index (χ4v) is 4.37. The van der Waals surface area contributed by atoms with Crippen LogP contribution in [0, 0.1) is 5.82 Å². The second-order valence-electron chi connectivity index (χ2n) is 6.67. The van der Waals surface area contributed by atoms with Crippen molar-refractivity contribution in [1.82, 2.24) is 9.97 Å². The Labute approximate surface area is 166 Å². The van der Waals surface area contributed by atoms with Gasteiger partial charge in [0.05, 0.1) is 16.6 Å². The maximum absolute atomic E-state index is 14.6. The number of thiazole rings is 1. The molecular formula is C23H19FN2OS. The Hall–Kier alpha value is -2.92. The van der Waals surface area contributed by atoms with Crippen molar-refractivity contribution in [3.8, 4) is 22.3 Å². The van der Waals surface area contributed by atoms with Crippen LogP contribution >= 0.6 is 11.3 Å². The summed E-state index contributed by atoms with van der Waals surface area (Å²) in [5, 5.41) is 0.773. The van der Waals surface area contributed by atoms with Crippen molar-refractivity contribution >= 4 is 27.3 Å². The van der Waals surface area contributed by atoms with E-state index in [-0.39, 0.29) is 11.6 Å². The highest BCUT2D eigenvalue weighted by molar-refractivity contribution is 7.19. The molecule has 0 amide bonds. The molecule has 0 N–H and O–H groups in total. The number of Topliss-reactive ketones (excluding diaryl/α,β-unsaturated/α-hetero) is 1. The Morgan fingerprint density at radius 1 is 1.07 bits per heavy atom. The number of benzene rings is 2. The van der Waals surface area contributed by atoms with Crippen LogP contribution in [-0.2, 0) is 11.2 Å². The molecule has 3 nitrogen and oxygen atoms in total. The summed E-state index contributed by atoms with van der Waals surface area (Å²) in [4.78, 5) is 21.0. The number of aromatic nitrogens is 2. The minimum Gasteiger partial charge on any atom is -0.299 e. The number of nitrogens with zero attached hydrogens (tertiary/aromatic N) is 2. The average Bonchev–Trinajstić information content (AvgIpc) is 3.11. The van der Waals surface area contributed by atoms with Gasteiger partial charge in [-0.1, -0.05) is 31.2 Å². The van der Waals surface area contributed by atoms with E-state index in [1.54, 1.807) is 24.5 Å². The third-order valence-electron chi connectivity index (χ3n) is 4.57. The van der Waals surface area contributed by atoms with E-state index in [0.29, 0.717) is 18.4 Å². The zero-order valence-electron chi connectivity index (χ0n) is 15.5. The zero-order chi connectivity index (χ0) is 19.5. The van der Waals surface area contributed by atoms with Gasteiger partial charge in [0.2, 0.25) is 0 Å². The van der Waals surface area contributed by atoms with Crippen LogP contribution in [0.5, 0.6) is 0 Å². The van der Waals surface area contributed by atoms with Gasteiger partial charge in [-0.25, -0.2) is 9.37 Å². The van der Waals surface area contributed by atoms with Crippen molar-refractivity contribution in [1.29, 1.82) is 0 Å². The lowest BCUT2D eigenvalue weighted by Gasteiger charge is -2.08. The smallest absolute Gasteiger partial charge is 0.139 e. The number of halogens is 1. The van der Waals surface area contributed by atoms with Gasteiger partial charge in [0.1, 0.15) is 16.6 Å². The molecule has 2 heterocycles. The number of hydrogen-bond acceptors (Lipinski definition) is 4. The Kier molecular flexibility index (Phi) is 5.26. The number of rotatable bonds is 6. The molecule has 2 aromatic carbocycles. The van der Waals surface area contributed by atoms with Crippen molar-refractivity contribution in [3.63, 3.8) is 0 Å². The fraction of sp³-hybridized carbons (Fsp3) is 0.174. The summed E-state index contributed by atoms with van der Waals surface area (Å²) >= 11 is 1.47. The molecule has 0 aliphatic heterocycles. The SMILES string of the molecule is CCCC(=O)Cc1nc2cc(-c3cccnc3)cc(-c3ccccc3F)c2s1. The molecule has 0 saturated carbocycles. The van der Waals surface area contributed by atoms with Crippen molar-refractivity contribution in [3.05, 3.63) is 71.7 Å². The summed E-state index contributed by atoms with van der Waals surface area (Å²) in [6.07, 6.45) is 5.21. The molecule has 140 valence electrons. The molecule has 0 spiro atoms. The van der Waals surface area contributed by atoms with Gasteiger partial charge < -0.3 is 0 Å². The van der Waals surface area contributed by atoms with Crippen LogP contribution in [-0.4, -0.2) is 15.8 Å². The molecule has 0 bridgehead atoms. The largest absolute Gasteiger partial charge is 0.299 e. The molecule has 0 atom stereocenters. The summed E-state index contributed by atoms with van der Waals surface area (Å²) in [6, 6.07) is 14.6. The second kappa shape index (κ2) is 7.98. The van der Waals surface area contributed by atoms with Crippen LogP contribution in [0.4, 0.5) is 4.39 Å². The van der Waals surface area contributed by atoms with Crippen molar-refractivity contribution in [2.75, 3.05) is 0 Å². The maximum atomic E-state index is 14.6. The van der Waals surface area contributed by atoms with Gasteiger partial charge in [-0.15, -0.1) is 11.3 Å². The molecule has 2 aromatic heterocycles. The molecule has 28 heavy (non-hydrogen) atoms. The minimum atomic E-state index is -0.274. The first kappa shape index (κ1) is 18.4. The summed E-state index contributed by atoms with van der Waals surface area (Å²) in [5.41, 5.74) is 3.98. The predicted molar refractivity (Wildman–Crippen MR) is 112 cm³/mol. The van der Waals surface area contributed by atoms with Gasteiger partial charge in [0.25, 0.3) is 0 Å². The van der Waals surface area contributed by atoms with Crippen molar-refractivity contribution in [2.45, 2.75) is 26.2 Å². The third-order valence-corrected chi connectivity index (χ3v) is 5.67. The van der Waals surface area contributed by atoms with Gasteiger partial charge in [-0.05, 0) is 36.2 Å². The number of pyridine rings is 1. The van der Waals surface area contributed by atoms with E-state index in [1.165, 1.54) is 17.4 Å². The Balaban J connectivity index is 1.90. The number of fused-ring (bicyclic) bond motifs is 1. The van der Waals surface area contributed by atoms with Crippen LogP contribution in [0.15, 0.2) is 60.9 Å². The lowest BCUT2D eigenvalue weighted by Crippen LogP contribution is -2.00. The van der Waals surface area contributed by atoms with Gasteiger partial charge in [0, 0.05) is 35.5 Å². The molecule has 0 radical (unpaired) electrons. The highest BCUT2D eigenvalue weighted by atomic mass is 32.1. The highest BCUT2D eigenvalue weighted by Gasteiger charge is 2.16. The highest BCUT2D eigenvalue weighted by Crippen LogP contribution is 2.38. The molecule has 0 aliphatic rings. The number of carbonyl (C=O) groups excluding carboxylic acids is 1. The van der Waals surface area contributed by atoms with Crippen LogP contribution < -0.4 is 0 Å². The lowest BCUT2D eigenvalue weighted by molar-refractivity contribution is -0.118. The normalized spacial score (nSPS) is 11.1. The van der Waals surface area contributed by atoms with E-state index in [9.17, 15) is 9.18 Å². The van der Waals surface area contributed by atoms with Crippen LogP contribution in [0.2, 0.25) is 0 Å². The van der Waals surface area contributed by atoms with E-state index in [4.69, 9.17) is 4.98 Å². The minimum absolute atomic E-state index is 0.182. The first-order chi connectivity index (χ1) is 13.7. The maximum Gasteiger partial charge on any atom is 0.139 e. The summed E-state index contributed by atoms with van der Waals surface area (Å²) in [5.74, 6) is -0.0920. The van der Waals surface area contributed by atoms with E-state index in [1.807, 2.05) is 37.3 Å². The topological polar surface area (TPSA) is 42.9 Å². The molecule has 0 fully saturated rings. The Morgan fingerprint density at radius 2 is 1.93 bits per heavy atom. The predicted octanol–water partition coefficient (Wildman–Crippen LogP) is 6.08. The van der Waals surface area contributed by atoms with Crippen LogP contribution in [0.3, 0.4) is 0 Å². The summed E-state index contributed by atoms with van der Waals surface area (Å²) in [7, 11) is 0. The average molecular weight is 390 g/mol. The molecular weight excluding hydrogens is 371 g/mol. The van der Waals surface area contributed by atoms with E-state index < -0.39 is 0 Å². The van der Waals surface area contributed by atoms with E-state index in [0.717, 1.165) is 38.3 Å². The van der Waals surface area contributed by atoms with Gasteiger partial charge in [-0.3, -0.25) is 9.78 Å². The molecule has 4 rings (SSSR count). The molecule has 4 aromatic rings. The standard InChI is InChI=1S/C23H19FN2OS/c1-2-6-17(27)13-22-26-21-12-16(15-7-5-10-25-14-15)11-19(23(21)28-22)18-8-3-4-9-20(18)24/h3-5,7-12,14H,2,6,13H2,1H3. The summed E-state index contributed by atoms with van der Waals surface area (Å²) in [6.45, 7) is 1.99. The quantitative estimate of drug-likeness (QED) is 0.401. The van der Waals surface area contributed by atoms with E-state index >= 15 is 0 Å². The summed E-state index contributed by atoms with van der Waals surface area (Å²) < 4.78 is 15.5. The first-order valence-electron chi connectivity index (χ1n) is 9.26. The fourth-order valence-electron chi connectivity index (χ4n) is 3.27.